The number of hydrogen-bond donors (Lipinski definition) is 2. The molecule has 0 saturated heterocycles. The van der Waals surface area contributed by atoms with Gasteiger partial charge in [-0.15, -0.1) is 0 Å². The van der Waals surface area contributed by atoms with Crippen molar-refractivity contribution >= 4 is 6.09 Å². The standard InChI is InChI=1S/C15H24N2O2/c1-5-11-8-6-7-9-12(11)13(16)10-17-14(18)19-15(2,3)4/h6-9,13H,5,10,16H2,1-4H3,(H,17,18). The fraction of sp³-hybridized carbons (Fsp3) is 0.533. The Balaban J connectivity index is 2.56. The van der Waals surface area contributed by atoms with Crippen molar-refractivity contribution in [3.63, 3.8) is 0 Å². The fourth-order valence-electron chi connectivity index (χ4n) is 1.84. The molecule has 1 amide bonds. The number of rotatable bonds is 4. The van der Waals surface area contributed by atoms with Crippen molar-refractivity contribution in [3.8, 4) is 0 Å². The third-order valence-corrected chi connectivity index (χ3v) is 2.70. The summed E-state index contributed by atoms with van der Waals surface area (Å²) in [5, 5.41) is 2.70. The molecule has 0 aliphatic rings. The number of carbonyl (C=O) groups is 1. The third kappa shape index (κ3) is 5.30. The fourth-order valence-corrected chi connectivity index (χ4v) is 1.84. The normalized spacial score (nSPS) is 12.9. The van der Waals surface area contributed by atoms with Gasteiger partial charge < -0.3 is 15.8 Å². The van der Waals surface area contributed by atoms with E-state index in [0.717, 1.165) is 12.0 Å². The highest BCUT2D eigenvalue weighted by Gasteiger charge is 2.17. The molecular weight excluding hydrogens is 240 g/mol. The van der Waals surface area contributed by atoms with Gasteiger partial charge in [0.25, 0.3) is 0 Å². The highest BCUT2D eigenvalue weighted by Crippen LogP contribution is 2.16. The number of aryl methyl sites for hydroxylation is 1. The lowest BCUT2D eigenvalue weighted by Crippen LogP contribution is -2.36. The Hall–Kier alpha value is -1.55. The largest absolute Gasteiger partial charge is 0.444 e. The summed E-state index contributed by atoms with van der Waals surface area (Å²) in [4.78, 5) is 11.6. The van der Waals surface area contributed by atoms with E-state index in [4.69, 9.17) is 10.5 Å². The van der Waals surface area contributed by atoms with E-state index in [1.807, 2.05) is 39.0 Å². The lowest BCUT2D eigenvalue weighted by Gasteiger charge is -2.21. The molecule has 1 unspecified atom stereocenters. The maximum atomic E-state index is 11.6. The molecule has 0 bridgehead atoms. The van der Waals surface area contributed by atoms with E-state index >= 15 is 0 Å². The maximum absolute atomic E-state index is 11.6. The van der Waals surface area contributed by atoms with Gasteiger partial charge in [-0.25, -0.2) is 4.79 Å². The molecule has 106 valence electrons. The molecule has 0 aliphatic heterocycles. The maximum Gasteiger partial charge on any atom is 0.407 e. The van der Waals surface area contributed by atoms with Gasteiger partial charge in [0.1, 0.15) is 5.60 Å². The zero-order valence-corrected chi connectivity index (χ0v) is 12.2. The van der Waals surface area contributed by atoms with Crippen molar-refractivity contribution in [1.29, 1.82) is 0 Å². The average Bonchev–Trinajstić information content (AvgIpc) is 2.33. The Labute approximate surface area is 115 Å². The summed E-state index contributed by atoms with van der Waals surface area (Å²) in [6, 6.07) is 7.80. The Morgan fingerprint density at radius 2 is 2.00 bits per heavy atom. The zero-order chi connectivity index (χ0) is 14.5. The van der Waals surface area contributed by atoms with Gasteiger partial charge >= 0.3 is 6.09 Å². The van der Waals surface area contributed by atoms with Crippen LogP contribution in [0.2, 0.25) is 0 Å². The average molecular weight is 264 g/mol. The molecule has 0 spiro atoms. The van der Waals surface area contributed by atoms with Gasteiger partial charge in [-0.3, -0.25) is 0 Å². The van der Waals surface area contributed by atoms with Crippen LogP contribution < -0.4 is 11.1 Å². The van der Waals surface area contributed by atoms with Gasteiger partial charge in [-0.1, -0.05) is 31.2 Å². The highest BCUT2D eigenvalue weighted by molar-refractivity contribution is 5.67. The first-order valence-corrected chi connectivity index (χ1v) is 6.63. The molecule has 19 heavy (non-hydrogen) atoms. The summed E-state index contributed by atoms with van der Waals surface area (Å²) < 4.78 is 5.17. The SMILES string of the molecule is CCc1ccccc1C(N)CNC(=O)OC(C)(C)C. The van der Waals surface area contributed by atoms with Crippen LogP contribution in [0.1, 0.15) is 44.9 Å². The van der Waals surface area contributed by atoms with Crippen LogP contribution in [0.3, 0.4) is 0 Å². The van der Waals surface area contributed by atoms with Crippen molar-refractivity contribution in [2.24, 2.45) is 5.73 Å². The van der Waals surface area contributed by atoms with Crippen molar-refractivity contribution in [2.75, 3.05) is 6.54 Å². The first kappa shape index (κ1) is 15.5. The van der Waals surface area contributed by atoms with Crippen LogP contribution in [0, 0.1) is 0 Å². The molecule has 1 aromatic rings. The van der Waals surface area contributed by atoms with Crippen molar-refractivity contribution < 1.29 is 9.53 Å². The smallest absolute Gasteiger partial charge is 0.407 e. The minimum absolute atomic E-state index is 0.219. The van der Waals surface area contributed by atoms with Gasteiger partial charge in [0.15, 0.2) is 0 Å². The molecule has 4 heteroatoms. The molecule has 0 saturated carbocycles. The van der Waals surface area contributed by atoms with E-state index in [0.29, 0.717) is 6.54 Å². The summed E-state index contributed by atoms with van der Waals surface area (Å²) in [7, 11) is 0. The number of ether oxygens (including phenoxy) is 1. The van der Waals surface area contributed by atoms with E-state index in [2.05, 4.69) is 18.3 Å². The number of nitrogens with two attached hydrogens (primary N) is 1. The predicted molar refractivity (Wildman–Crippen MR) is 77.0 cm³/mol. The first-order chi connectivity index (χ1) is 8.83. The Morgan fingerprint density at radius 1 is 1.37 bits per heavy atom. The van der Waals surface area contributed by atoms with E-state index in [1.165, 1.54) is 5.56 Å². The van der Waals surface area contributed by atoms with E-state index < -0.39 is 11.7 Å². The molecular formula is C15H24N2O2. The number of benzene rings is 1. The van der Waals surface area contributed by atoms with Crippen LogP contribution in [0.15, 0.2) is 24.3 Å². The second kappa shape index (κ2) is 6.57. The minimum Gasteiger partial charge on any atom is -0.444 e. The second-order valence-electron chi connectivity index (χ2n) is 5.54. The number of nitrogens with one attached hydrogen (secondary N) is 1. The van der Waals surface area contributed by atoms with Crippen molar-refractivity contribution in [1.82, 2.24) is 5.32 Å². The van der Waals surface area contributed by atoms with Crippen LogP contribution in [-0.2, 0) is 11.2 Å². The number of carbonyl (C=O) groups excluding carboxylic acids is 1. The lowest BCUT2D eigenvalue weighted by atomic mass is 9.99. The van der Waals surface area contributed by atoms with Gasteiger partial charge in [0.2, 0.25) is 0 Å². The lowest BCUT2D eigenvalue weighted by molar-refractivity contribution is 0.0524. The first-order valence-electron chi connectivity index (χ1n) is 6.63. The monoisotopic (exact) mass is 264 g/mol. The van der Waals surface area contributed by atoms with E-state index in [9.17, 15) is 4.79 Å². The molecule has 3 N–H and O–H groups in total. The van der Waals surface area contributed by atoms with Crippen molar-refractivity contribution in [2.45, 2.75) is 45.8 Å². The summed E-state index contributed by atoms with van der Waals surface area (Å²) in [5.41, 5.74) is 7.90. The topological polar surface area (TPSA) is 64.3 Å². The van der Waals surface area contributed by atoms with E-state index in [1.54, 1.807) is 0 Å². The molecule has 0 aromatic heterocycles. The number of hydrogen-bond acceptors (Lipinski definition) is 3. The summed E-state index contributed by atoms with van der Waals surface area (Å²) in [6.07, 6.45) is 0.493. The molecule has 0 heterocycles. The van der Waals surface area contributed by atoms with Crippen LogP contribution in [0.5, 0.6) is 0 Å². The molecule has 1 aromatic carbocycles. The highest BCUT2D eigenvalue weighted by atomic mass is 16.6. The van der Waals surface area contributed by atoms with E-state index in [-0.39, 0.29) is 6.04 Å². The quantitative estimate of drug-likeness (QED) is 0.879. The summed E-state index contributed by atoms with van der Waals surface area (Å²) in [5.74, 6) is 0. The third-order valence-electron chi connectivity index (χ3n) is 2.70. The van der Waals surface area contributed by atoms with Gasteiger partial charge in [-0.05, 0) is 38.3 Å². The molecule has 0 radical (unpaired) electrons. The molecule has 0 aliphatic carbocycles. The van der Waals surface area contributed by atoms with Gasteiger partial charge in [0.05, 0.1) is 0 Å². The summed E-state index contributed by atoms with van der Waals surface area (Å²) >= 11 is 0. The number of alkyl carbamates (subject to hydrolysis) is 1. The van der Waals surface area contributed by atoms with Crippen LogP contribution >= 0.6 is 0 Å². The zero-order valence-electron chi connectivity index (χ0n) is 12.2. The molecule has 4 nitrogen and oxygen atoms in total. The number of amides is 1. The minimum atomic E-state index is -0.491. The molecule has 1 rings (SSSR count). The van der Waals surface area contributed by atoms with Gasteiger partial charge in [0, 0.05) is 12.6 Å². The Kier molecular flexibility index (Phi) is 5.36. The predicted octanol–water partition coefficient (Wildman–Crippen LogP) is 2.77. The Morgan fingerprint density at radius 3 is 2.58 bits per heavy atom. The molecule has 0 fully saturated rings. The second-order valence-corrected chi connectivity index (χ2v) is 5.54. The summed E-state index contributed by atoms with van der Waals surface area (Å²) in [6.45, 7) is 7.95. The van der Waals surface area contributed by atoms with Gasteiger partial charge in [-0.2, -0.15) is 0 Å². The Bertz CT molecular complexity index is 424. The van der Waals surface area contributed by atoms with Crippen molar-refractivity contribution in [3.05, 3.63) is 35.4 Å². The molecule has 1 atom stereocenters. The van der Waals surface area contributed by atoms with Crippen LogP contribution in [-0.4, -0.2) is 18.2 Å². The van der Waals surface area contributed by atoms with Crippen LogP contribution in [0.4, 0.5) is 4.79 Å². The van der Waals surface area contributed by atoms with Crippen LogP contribution in [0.25, 0.3) is 0 Å².